The first-order chi connectivity index (χ1) is 11.9. The minimum absolute atomic E-state index is 0.181. The number of rotatable bonds is 4. The SMILES string of the molecule is CC(C)N1CC[C@@H](NC(=O)c2cnn(C)c2)[C@@H]1c1ccc(F)c(F)c1. The third-order valence-electron chi connectivity index (χ3n) is 4.67. The van der Waals surface area contributed by atoms with Crippen LogP contribution in [0.4, 0.5) is 8.78 Å². The van der Waals surface area contributed by atoms with Crippen LogP contribution in [0.15, 0.2) is 30.6 Å². The number of aryl methyl sites for hydroxylation is 1. The van der Waals surface area contributed by atoms with Crippen molar-refractivity contribution in [1.82, 2.24) is 20.0 Å². The summed E-state index contributed by atoms with van der Waals surface area (Å²) < 4.78 is 28.6. The molecule has 1 N–H and O–H groups in total. The second-order valence-electron chi connectivity index (χ2n) is 6.72. The molecule has 1 fully saturated rings. The van der Waals surface area contributed by atoms with Crippen LogP contribution in [-0.2, 0) is 7.05 Å². The molecule has 5 nitrogen and oxygen atoms in total. The van der Waals surface area contributed by atoms with E-state index in [1.165, 1.54) is 12.3 Å². The van der Waals surface area contributed by atoms with Crippen molar-refractivity contribution < 1.29 is 13.6 Å². The average molecular weight is 348 g/mol. The number of hydrogen-bond acceptors (Lipinski definition) is 3. The normalized spacial score (nSPS) is 21.0. The summed E-state index contributed by atoms with van der Waals surface area (Å²) in [5.74, 6) is -1.95. The van der Waals surface area contributed by atoms with Gasteiger partial charge in [-0.2, -0.15) is 5.10 Å². The number of likely N-dealkylation sites (tertiary alicyclic amines) is 1. The standard InChI is InChI=1S/C18H22F2N4O/c1-11(2)24-7-6-16(22-18(25)13-9-21-23(3)10-13)17(24)12-4-5-14(19)15(20)8-12/h4-5,8-11,16-17H,6-7H2,1-3H3,(H,22,25)/t16-,17+/m1/s1. The molecule has 1 amide bonds. The Balaban J connectivity index is 1.86. The molecule has 1 saturated heterocycles. The Morgan fingerprint density at radius 3 is 2.68 bits per heavy atom. The van der Waals surface area contributed by atoms with Crippen LogP contribution in [0.3, 0.4) is 0 Å². The van der Waals surface area contributed by atoms with Crippen molar-refractivity contribution >= 4 is 5.91 Å². The molecule has 0 aliphatic carbocycles. The zero-order valence-corrected chi connectivity index (χ0v) is 14.5. The Morgan fingerprint density at radius 1 is 1.32 bits per heavy atom. The highest BCUT2D eigenvalue weighted by Gasteiger charge is 2.38. The van der Waals surface area contributed by atoms with Gasteiger partial charge in [0, 0.05) is 25.8 Å². The molecule has 2 aromatic rings. The zero-order valence-electron chi connectivity index (χ0n) is 14.5. The quantitative estimate of drug-likeness (QED) is 0.924. The molecule has 134 valence electrons. The fourth-order valence-electron chi connectivity index (χ4n) is 3.46. The van der Waals surface area contributed by atoms with E-state index in [-0.39, 0.29) is 24.0 Å². The maximum atomic E-state index is 13.7. The van der Waals surface area contributed by atoms with E-state index >= 15 is 0 Å². The smallest absolute Gasteiger partial charge is 0.254 e. The van der Waals surface area contributed by atoms with Gasteiger partial charge >= 0.3 is 0 Å². The molecule has 3 rings (SSSR count). The van der Waals surface area contributed by atoms with Crippen LogP contribution in [0.2, 0.25) is 0 Å². The molecule has 2 atom stereocenters. The summed E-state index contributed by atoms with van der Waals surface area (Å²) in [4.78, 5) is 14.7. The molecule has 1 aromatic carbocycles. The number of amides is 1. The average Bonchev–Trinajstić information content (AvgIpc) is 3.16. The van der Waals surface area contributed by atoms with E-state index in [9.17, 15) is 13.6 Å². The van der Waals surface area contributed by atoms with Crippen molar-refractivity contribution in [3.63, 3.8) is 0 Å². The van der Waals surface area contributed by atoms with Crippen LogP contribution >= 0.6 is 0 Å². The molecule has 1 aliphatic rings. The fraction of sp³-hybridized carbons (Fsp3) is 0.444. The van der Waals surface area contributed by atoms with Crippen LogP contribution < -0.4 is 5.32 Å². The van der Waals surface area contributed by atoms with E-state index < -0.39 is 11.6 Å². The maximum absolute atomic E-state index is 13.7. The lowest BCUT2D eigenvalue weighted by Crippen LogP contribution is -2.41. The number of aromatic nitrogens is 2. The third-order valence-corrected chi connectivity index (χ3v) is 4.67. The molecule has 0 saturated carbocycles. The second-order valence-corrected chi connectivity index (χ2v) is 6.72. The van der Waals surface area contributed by atoms with Gasteiger partial charge in [0.2, 0.25) is 0 Å². The molecular weight excluding hydrogens is 326 g/mol. The lowest BCUT2D eigenvalue weighted by molar-refractivity contribution is 0.0919. The summed E-state index contributed by atoms with van der Waals surface area (Å²) in [5.41, 5.74) is 1.15. The van der Waals surface area contributed by atoms with Gasteiger partial charge < -0.3 is 5.32 Å². The van der Waals surface area contributed by atoms with Crippen molar-refractivity contribution in [2.45, 2.75) is 38.4 Å². The largest absolute Gasteiger partial charge is 0.347 e. The topological polar surface area (TPSA) is 50.2 Å². The Hall–Kier alpha value is -2.28. The minimum atomic E-state index is -0.870. The number of nitrogens with zero attached hydrogens (tertiary/aromatic N) is 3. The maximum Gasteiger partial charge on any atom is 0.254 e. The Bertz CT molecular complexity index is 774. The van der Waals surface area contributed by atoms with Crippen molar-refractivity contribution in [3.8, 4) is 0 Å². The van der Waals surface area contributed by atoms with Gasteiger partial charge in [0.05, 0.1) is 23.8 Å². The van der Waals surface area contributed by atoms with Crippen LogP contribution in [0, 0.1) is 11.6 Å². The van der Waals surface area contributed by atoms with Gasteiger partial charge in [-0.25, -0.2) is 8.78 Å². The summed E-state index contributed by atoms with van der Waals surface area (Å²) in [7, 11) is 1.75. The molecule has 2 heterocycles. The van der Waals surface area contributed by atoms with Gasteiger partial charge in [-0.3, -0.25) is 14.4 Å². The van der Waals surface area contributed by atoms with Crippen molar-refractivity contribution in [2.75, 3.05) is 6.54 Å². The minimum Gasteiger partial charge on any atom is -0.347 e. The summed E-state index contributed by atoms with van der Waals surface area (Å²) in [5, 5.41) is 7.03. The molecule has 25 heavy (non-hydrogen) atoms. The van der Waals surface area contributed by atoms with E-state index in [2.05, 4.69) is 29.2 Å². The van der Waals surface area contributed by atoms with E-state index in [1.807, 2.05) is 0 Å². The molecule has 0 bridgehead atoms. The molecule has 0 unspecified atom stereocenters. The highest BCUT2D eigenvalue weighted by molar-refractivity contribution is 5.93. The van der Waals surface area contributed by atoms with Gasteiger partial charge in [-0.05, 0) is 38.0 Å². The molecular formula is C18H22F2N4O. The van der Waals surface area contributed by atoms with E-state index in [1.54, 1.807) is 24.0 Å². The third kappa shape index (κ3) is 3.56. The van der Waals surface area contributed by atoms with Crippen LogP contribution in [-0.4, -0.2) is 39.2 Å². The lowest BCUT2D eigenvalue weighted by Gasteiger charge is -2.32. The van der Waals surface area contributed by atoms with Crippen LogP contribution in [0.25, 0.3) is 0 Å². The van der Waals surface area contributed by atoms with Crippen molar-refractivity contribution in [3.05, 3.63) is 53.4 Å². The Kier molecular flexibility index (Phi) is 4.85. The lowest BCUT2D eigenvalue weighted by atomic mass is 9.98. The first kappa shape index (κ1) is 17.5. The molecule has 0 spiro atoms. The van der Waals surface area contributed by atoms with Crippen molar-refractivity contribution in [1.29, 1.82) is 0 Å². The monoisotopic (exact) mass is 348 g/mol. The number of carbonyl (C=O) groups is 1. The predicted molar refractivity (Wildman–Crippen MR) is 90.0 cm³/mol. The number of carbonyl (C=O) groups excluding carboxylic acids is 1. The Labute approximate surface area is 145 Å². The summed E-state index contributed by atoms with van der Waals surface area (Å²) in [6.45, 7) is 4.88. The summed E-state index contributed by atoms with van der Waals surface area (Å²) in [6, 6.07) is 3.80. The first-order valence-electron chi connectivity index (χ1n) is 8.37. The number of benzene rings is 1. The Morgan fingerprint density at radius 2 is 2.08 bits per heavy atom. The highest BCUT2D eigenvalue weighted by Crippen LogP contribution is 2.34. The number of halogens is 2. The first-order valence-corrected chi connectivity index (χ1v) is 8.37. The van der Waals surface area contributed by atoms with Gasteiger partial charge in [-0.15, -0.1) is 0 Å². The fourth-order valence-corrected chi connectivity index (χ4v) is 3.46. The van der Waals surface area contributed by atoms with E-state index in [4.69, 9.17) is 0 Å². The summed E-state index contributed by atoms with van der Waals surface area (Å²) in [6.07, 6.45) is 3.90. The van der Waals surface area contributed by atoms with Crippen LogP contribution in [0.5, 0.6) is 0 Å². The number of nitrogens with one attached hydrogen (secondary N) is 1. The molecule has 0 radical (unpaired) electrons. The second kappa shape index (κ2) is 6.92. The van der Waals surface area contributed by atoms with E-state index in [0.29, 0.717) is 11.1 Å². The van der Waals surface area contributed by atoms with Crippen molar-refractivity contribution in [2.24, 2.45) is 7.05 Å². The molecule has 7 heteroatoms. The van der Waals surface area contributed by atoms with Gasteiger partial charge in [0.1, 0.15) is 0 Å². The van der Waals surface area contributed by atoms with E-state index in [0.717, 1.165) is 19.0 Å². The number of hydrogen-bond donors (Lipinski definition) is 1. The predicted octanol–water partition coefficient (Wildman–Crippen LogP) is 2.65. The zero-order chi connectivity index (χ0) is 18.1. The highest BCUT2D eigenvalue weighted by atomic mass is 19.2. The van der Waals surface area contributed by atoms with Gasteiger partial charge in [0.25, 0.3) is 5.91 Å². The summed E-state index contributed by atoms with van der Waals surface area (Å²) >= 11 is 0. The molecule has 1 aromatic heterocycles. The molecule has 1 aliphatic heterocycles. The van der Waals surface area contributed by atoms with Gasteiger partial charge in [-0.1, -0.05) is 6.07 Å². The van der Waals surface area contributed by atoms with Crippen LogP contribution in [0.1, 0.15) is 42.2 Å². The van der Waals surface area contributed by atoms with Gasteiger partial charge in [0.15, 0.2) is 11.6 Å².